The molecule has 0 saturated heterocycles. The van der Waals surface area contributed by atoms with Gasteiger partial charge in [0.25, 0.3) is 0 Å². The van der Waals surface area contributed by atoms with Gasteiger partial charge in [0.1, 0.15) is 11.5 Å². The van der Waals surface area contributed by atoms with Crippen LogP contribution in [0.1, 0.15) is 43.8 Å². The van der Waals surface area contributed by atoms with Crippen molar-refractivity contribution in [1.82, 2.24) is 10.2 Å². The molecule has 0 radical (unpaired) electrons. The lowest BCUT2D eigenvalue weighted by atomic mass is 10.1. The fourth-order valence-electron chi connectivity index (χ4n) is 2.43. The predicted molar refractivity (Wildman–Crippen MR) is 74.5 cm³/mol. The van der Waals surface area contributed by atoms with Crippen LogP contribution >= 0.6 is 0 Å². The van der Waals surface area contributed by atoms with Gasteiger partial charge in [0, 0.05) is 18.2 Å². The van der Waals surface area contributed by atoms with Crippen LogP contribution in [-0.4, -0.2) is 24.5 Å². The Balaban J connectivity index is 1.93. The molecule has 1 aliphatic carbocycles. The van der Waals surface area contributed by atoms with E-state index in [2.05, 4.69) is 44.1 Å². The summed E-state index contributed by atoms with van der Waals surface area (Å²) < 4.78 is 5.78. The summed E-state index contributed by atoms with van der Waals surface area (Å²) in [5.74, 6) is 3.04. The van der Waals surface area contributed by atoms with Gasteiger partial charge >= 0.3 is 0 Å². The van der Waals surface area contributed by atoms with Crippen LogP contribution in [0.3, 0.4) is 0 Å². The number of rotatable bonds is 7. The molecule has 1 heterocycles. The summed E-state index contributed by atoms with van der Waals surface area (Å²) in [7, 11) is 2.22. The Morgan fingerprint density at radius 1 is 1.50 bits per heavy atom. The van der Waals surface area contributed by atoms with E-state index in [1.165, 1.54) is 18.4 Å². The molecular formula is C15H26N2O. The van der Waals surface area contributed by atoms with E-state index in [0.29, 0.717) is 6.04 Å². The van der Waals surface area contributed by atoms with Crippen molar-refractivity contribution in [3.8, 4) is 0 Å². The molecule has 1 aromatic rings. The van der Waals surface area contributed by atoms with E-state index in [9.17, 15) is 0 Å². The molecule has 1 fully saturated rings. The van der Waals surface area contributed by atoms with Crippen LogP contribution in [0.25, 0.3) is 0 Å². The number of aryl methyl sites for hydroxylation is 1. The van der Waals surface area contributed by atoms with Crippen molar-refractivity contribution in [3.05, 3.63) is 23.2 Å². The highest BCUT2D eigenvalue weighted by atomic mass is 16.3. The summed E-state index contributed by atoms with van der Waals surface area (Å²) in [6.45, 7) is 9.33. The monoisotopic (exact) mass is 250 g/mol. The Morgan fingerprint density at radius 2 is 2.22 bits per heavy atom. The molecule has 3 nitrogen and oxygen atoms in total. The van der Waals surface area contributed by atoms with Gasteiger partial charge in [-0.05, 0) is 52.3 Å². The van der Waals surface area contributed by atoms with E-state index in [1.807, 2.05) is 0 Å². The Hall–Kier alpha value is -0.800. The molecule has 0 aromatic carbocycles. The molecule has 0 amide bonds. The summed E-state index contributed by atoms with van der Waals surface area (Å²) in [5.41, 5.74) is 1.33. The van der Waals surface area contributed by atoms with Crippen molar-refractivity contribution in [2.75, 3.05) is 13.6 Å². The first kappa shape index (κ1) is 13.6. The number of furan rings is 1. The Labute approximate surface area is 111 Å². The number of nitrogens with zero attached hydrogens (tertiary/aromatic N) is 1. The van der Waals surface area contributed by atoms with Crippen molar-refractivity contribution in [3.63, 3.8) is 0 Å². The molecular weight excluding hydrogens is 224 g/mol. The first-order valence-corrected chi connectivity index (χ1v) is 7.11. The lowest BCUT2D eigenvalue weighted by Crippen LogP contribution is -2.30. The molecule has 3 heteroatoms. The van der Waals surface area contributed by atoms with Crippen molar-refractivity contribution < 1.29 is 4.42 Å². The minimum absolute atomic E-state index is 0.691. The van der Waals surface area contributed by atoms with Crippen molar-refractivity contribution in [2.24, 2.45) is 5.92 Å². The van der Waals surface area contributed by atoms with Gasteiger partial charge in [-0.1, -0.05) is 6.92 Å². The van der Waals surface area contributed by atoms with Crippen LogP contribution in [0, 0.1) is 12.8 Å². The van der Waals surface area contributed by atoms with E-state index < -0.39 is 0 Å². The smallest absolute Gasteiger partial charge is 0.118 e. The van der Waals surface area contributed by atoms with E-state index in [1.54, 1.807) is 0 Å². The van der Waals surface area contributed by atoms with Crippen molar-refractivity contribution in [1.29, 1.82) is 0 Å². The van der Waals surface area contributed by atoms with E-state index in [0.717, 1.165) is 37.1 Å². The van der Waals surface area contributed by atoms with E-state index in [-0.39, 0.29) is 0 Å². The third-order valence-electron chi connectivity index (χ3n) is 4.04. The fraction of sp³-hybridized carbons (Fsp3) is 0.733. The van der Waals surface area contributed by atoms with Gasteiger partial charge in [0.15, 0.2) is 0 Å². The van der Waals surface area contributed by atoms with Crippen LogP contribution in [0.5, 0.6) is 0 Å². The Bertz CT molecular complexity index is 382. The molecule has 0 bridgehead atoms. The molecule has 1 unspecified atom stereocenters. The first-order chi connectivity index (χ1) is 8.61. The molecule has 18 heavy (non-hydrogen) atoms. The highest BCUT2D eigenvalue weighted by Crippen LogP contribution is 2.35. The zero-order chi connectivity index (χ0) is 13.1. The first-order valence-electron chi connectivity index (χ1n) is 7.11. The molecule has 0 spiro atoms. The second-order valence-electron chi connectivity index (χ2n) is 5.57. The van der Waals surface area contributed by atoms with Gasteiger partial charge < -0.3 is 9.73 Å². The Kier molecular flexibility index (Phi) is 4.46. The Morgan fingerprint density at radius 3 is 2.83 bits per heavy atom. The zero-order valence-electron chi connectivity index (χ0n) is 12.1. The number of nitrogens with one attached hydrogen (secondary N) is 1. The van der Waals surface area contributed by atoms with Crippen LogP contribution in [0.4, 0.5) is 0 Å². The van der Waals surface area contributed by atoms with Gasteiger partial charge in [-0.25, -0.2) is 0 Å². The lowest BCUT2D eigenvalue weighted by Gasteiger charge is -2.24. The SMILES string of the molecule is CCNCc1cc(CN(C)C(C)C2CC2)c(C)o1. The normalized spacial score (nSPS) is 17.4. The summed E-state index contributed by atoms with van der Waals surface area (Å²) in [6, 6.07) is 2.89. The third kappa shape index (κ3) is 3.36. The van der Waals surface area contributed by atoms with E-state index in [4.69, 9.17) is 4.42 Å². The molecule has 102 valence electrons. The quantitative estimate of drug-likeness (QED) is 0.806. The molecule has 1 aliphatic rings. The highest BCUT2D eigenvalue weighted by molar-refractivity contribution is 5.20. The van der Waals surface area contributed by atoms with Crippen LogP contribution in [-0.2, 0) is 13.1 Å². The van der Waals surface area contributed by atoms with Gasteiger partial charge in [-0.2, -0.15) is 0 Å². The fourth-order valence-corrected chi connectivity index (χ4v) is 2.43. The van der Waals surface area contributed by atoms with Gasteiger partial charge in [-0.15, -0.1) is 0 Å². The molecule has 0 aliphatic heterocycles. The standard InChI is InChI=1S/C15H26N2O/c1-5-16-9-15-8-14(12(3)18-15)10-17(4)11(2)13-6-7-13/h8,11,13,16H,5-7,9-10H2,1-4H3. The predicted octanol–water partition coefficient (Wildman–Crippen LogP) is 2.93. The minimum Gasteiger partial charge on any atom is -0.465 e. The maximum atomic E-state index is 5.78. The van der Waals surface area contributed by atoms with Crippen molar-refractivity contribution in [2.45, 2.75) is 52.7 Å². The third-order valence-corrected chi connectivity index (χ3v) is 4.04. The van der Waals surface area contributed by atoms with Gasteiger partial charge in [-0.3, -0.25) is 4.90 Å². The average Bonchev–Trinajstić information content (AvgIpc) is 3.13. The highest BCUT2D eigenvalue weighted by Gasteiger charge is 2.30. The maximum absolute atomic E-state index is 5.78. The van der Waals surface area contributed by atoms with Crippen LogP contribution in [0.2, 0.25) is 0 Å². The molecule has 1 N–H and O–H groups in total. The summed E-state index contributed by atoms with van der Waals surface area (Å²) in [5, 5.41) is 3.30. The van der Waals surface area contributed by atoms with Crippen LogP contribution in [0.15, 0.2) is 10.5 Å². The molecule has 2 rings (SSSR count). The van der Waals surface area contributed by atoms with Gasteiger partial charge in [0.2, 0.25) is 0 Å². The van der Waals surface area contributed by atoms with Crippen LogP contribution < -0.4 is 5.32 Å². The maximum Gasteiger partial charge on any atom is 0.118 e. The summed E-state index contributed by atoms with van der Waals surface area (Å²) in [6.07, 6.45) is 2.81. The molecule has 1 saturated carbocycles. The number of hydrogen-bond donors (Lipinski definition) is 1. The minimum atomic E-state index is 0.691. The summed E-state index contributed by atoms with van der Waals surface area (Å²) in [4.78, 5) is 2.45. The average molecular weight is 250 g/mol. The summed E-state index contributed by atoms with van der Waals surface area (Å²) >= 11 is 0. The van der Waals surface area contributed by atoms with Crippen molar-refractivity contribution >= 4 is 0 Å². The topological polar surface area (TPSA) is 28.4 Å². The molecule has 1 atom stereocenters. The van der Waals surface area contributed by atoms with Gasteiger partial charge in [0.05, 0.1) is 6.54 Å². The number of hydrogen-bond acceptors (Lipinski definition) is 3. The second kappa shape index (κ2) is 5.89. The van der Waals surface area contributed by atoms with E-state index >= 15 is 0 Å². The largest absolute Gasteiger partial charge is 0.465 e. The molecule has 1 aromatic heterocycles. The second-order valence-corrected chi connectivity index (χ2v) is 5.57. The zero-order valence-corrected chi connectivity index (χ0v) is 12.1. The lowest BCUT2D eigenvalue weighted by molar-refractivity contribution is 0.225.